The van der Waals surface area contributed by atoms with Gasteiger partial charge in [0.2, 0.25) is 5.91 Å². The Morgan fingerprint density at radius 3 is 3.04 bits per heavy atom. The van der Waals surface area contributed by atoms with Crippen molar-refractivity contribution >= 4 is 17.7 Å². The lowest BCUT2D eigenvalue weighted by atomic mass is 9.96. The number of benzene rings is 1. The van der Waals surface area contributed by atoms with Crippen molar-refractivity contribution in [3.8, 4) is 11.5 Å². The number of carboxylic acids is 1. The molecule has 126 valence electrons. The third-order valence-corrected chi connectivity index (χ3v) is 3.74. The summed E-state index contributed by atoms with van der Waals surface area (Å²) in [5.74, 6) is 0.211. The average Bonchev–Trinajstić information content (AvgIpc) is 2.99. The zero-order valence-electron chi connectivity index (χ0n) is 13.1. The standard InChI is InChI=1S/C16H17N3O5/c1-23-12-3-2-10-6-11(9-24-13(10)7-12)16(22)17-14-4-5-19(18-14)8-15(20)21/h2-5,7,11H,6,8-9H2,1H3,(H,20,21)(H,17,18,22)/t11-/m0/s1. The van der Waals surface area contributed by atoms with Crippen LogP contribution < -0.4 is 14.8 Å². The monoisotopic (exact) mass is 331 g/mol. The number of carboxylic acid groups (broad SMARTS) is 1. The number of carbonyl (C=O) groups excluding carboxylic acids is 1. The molecule has 2 heterocycles. The minimum Gasteiger partial charge on any atom is -0.497 e. The van der Waals surface area contributed by atoms with E-state index in [2.05, 4.69) is 10.4 Å². The second-order valence-electron chi connectivity index (χ2n) is 5.47. The maximum atomic E-state index is 12.4. The normalized spacial score (nSPS) is 16.0. The Kier molecular flexibility index (Phi) is 4.37. The molecule has 0 unspecified atom stereocenters. The first-order valence-corrected chi connectivity index (χ1v) is 7.41. The van der Waals surface area contributed by atoms with Crippen LogP contribution in [0.5, 0.6) is 11.5 Å². The second kappa shape index (κ2) is 6.61. The van der Waals surface area contributed by atoms with Crippen LogP contribution in [0, 0.1) is 5.92 Å². The molecule has 1 amide bonds. The molecule has 1 aliphatic rings. The van der Waals surface area contributed by atoms with E-state index < -0.39 is 5.97 Å². The lowest BCUT2D eigenvalue weighted by molar-refractivity contribution is -0.137. The van der Waals surface area contributed by atoms with E-state index in [9.17, 15) is 9.59 Å². The van der Waals surface area contributed by atoms with Crippen LogP contribution in [0.3, 0.4) is 0 Å². The van der Waals surface area contributed by atoms with Crippen molar-refractivity contribution < 1.29 is 24.2 Å². The summed E-state index contributed by atoms with van der Waals surface area (Å²) in [6.45, 7) is 0.0133. The van der Waals surface area contributed by atoms with Crippen LogP contribution in [0.15, 0.2) is 30.5 Å². The number of aliphatic carboxylic acids is 1. The predicted octanol–water partition coefficient (Wildman–Crippen LogP) is 1.17. The molecule has 0 fully saturated rings. The van der Waals surface area contributed by atoms with Crippen LogP contribution in [0.25, 0.3) is 0 Å². The van der Waals surface area contributed by atoms with Crippen molar-refractivity contribution in [3.05, 3.63) is 36.0 Å². The highest BCUT2D eigenvalue weighted by Gasteiger charge is 2.26. The minimum absolute atomic E-state index is 0.211. The Bertz CT molecular complexity index is 771. The van der Waals surface area contributed by atoms with Crippen molar-refractivity contribution in [2.45, 2.75) is 13.0 Å². The van der Waals surface area contributed by atoms with Crippen molar-refractivity contribution in [2.75, 3.05) is 19.0 Å². The first-order chi connectivity index (χ1) is 11.5. The van der Waals surface area contributed by atoms with E-state index in [1.165, 1.54) is 10.9 Å². The third kappa shape index (κ3) is 3.48. The highest BCUT2D eigenvalue weighted by atomic mass is 16.5. The summed E-state index contributed by atoms with van der Waals surface area (Å²) in [5, 5.41) is 15.4. The fraction of sp³-hybridized carbons (Fsp3) is 0.312. The molecule has 2 N–H and O–H groups in total. The van der Waals surface area contributed by atoms with Crippen LogP contribution in [-0.4, -0.2) is 40.5 Å². The van der Waals surface area contributed by atoms with Crippen LogP contribution in [0.2, 0.25) is 0 Å². The summed E-state index contributed by atoms with van der Waals surface area (Å²) in [6, 6.07) is 7.07. The zero-order valence-corrected chi connectivity index (χ0v) is 13.1. The third-order valence-electron chi connectivity index (χ3n) is 3.74. The van der Waals surface area contributed by atoms with Gasteiger partial charge in [0.15, 0.2) is 5.82 Å². The number of nitrogens with one attached hydrogen (secondary N) is 1. The molecule has 0 spiro atoms. The number of methoxy groups -OCH3 is 1. The Hall–Kier alpha value is -3.03. The van der Waals surface area contributed by atoms with Crippen LogP contribution >= 0.6 is 0 Å². The Labute approximate surface area is 138 Å². The maximum absolute atomic E-state index is 12.4. The Balaban J connectivity index is 1.63. The topological polar surface area (TPSA) is 103 Å². The number of ether oxygens (including phenoxy) is 2. The van der Waals surface area contributed by atoms with Gasteiger partial charge in [-0.15, -0.1) is 0 Å². The molecule has 0 bridgehead atoms. The van der Waals surface area contributed by atoms with E-state index in [-0.39, 0.29) is 25.0 Å². The molecule has 1 aromatic carbocycles. The van der Waals surface area contributed by atoms with E-state index >= 15 is 0 Å². The van der Waals surface area contributed by atoms with Gasteiger partial charge in [-0.1, -0.05) is 6.07 Å². The summed E-state index contributed by atoms with van der Waals surface area (Å²) in [7, 11) is 1.59. The lowest BCUT2D eigenvalue weighted by Gasteiger charge is -2.24. The van der Waals surface area contributed by atoms with E-state index in [0.717, 1.165) is 11.3 Å². The van der Waals surface area contributed by atoms with E-state index in [1.54, 1.807) is 19.2 Å². The fourth-order valence-electron chi connectivity index (χ4n) is 2.53. The van der Waals surface area contributed by atoms with E-state index in [4.69, 9.17) is 14.6 Å². The lowest BCUT2D eigenvalue weighted by Crippen LogP contribution is -2.32. The van der Waals surface area contributed by atoms with Crippen molar-refractivity contribution in [1.29, 1.82) is 0 Å². The molecule has 3 rings (SSSR count). The minimum atomic E-state index is -0.997. The number of rotatable bonds is 5. The smallest absolute Gasteiger partial charge is 0.325 e. The SMILES string of the molecule is COc1ccc2c(c1)OC[C@@H](C(=O)Nc1ccn(CC(=O)O)n1)C2. The summed E-state index contributed by atoms with van der Waals surface area (Å²) in [4.78, 5) is 23.0. The summed E-state index contributed by atoms with van der Waals surface area (Å²) in [5.41, 5.74) is 0.943. The molecule has 1 atom stereocenters. The molecule has 8 nitrogen and oxygen atoms in total. The number of aromatic nitrogens is 2. The second-order valence-corrected chi connectivity index (χ2v) is 5.47. The molecule has 0 saturated heterocycles. The Morgan fingerprint density at radius 2 is 2.29 bits per heavy atom. The summed E-state index contributed by atoms with van der Waals surface area (Å²) in [6.07, 6.45) is 2.06. The average molecular weight is 331 g/mol. The van der Waals surface area contributed by atoms with Gasteiger partial charge in [-0.3, -0.25) is 14.3 Å². The van der Waals surface area contributed by atoms with Gasteiger partial charge >= 0.3 is 5.97 Å². The van der Waals surface area contributed by atoms with Crippen LogP contribution in [0.1, 0.15) is 5.56 Å². The van der Waals surface area contributed by atoms with Crippen molar-refractivity contribution in [2.24, 2.45) is 5.92 Å². The molecular weight excluding hydrogens is 314 g/mol. The van der Waals surface area contributed by atoms with Gasteiger partial charge in [-0.25, -0.2) is 0 Å². The summed E-state index contributed by atoms with van der Waals surface area (Å²) < 4.78 is 12.0. The number of hydrogen-bond acceptors (Lipinski definition) is 5. The molecule has 8 heteroatoms. The quantitative estimate of drug-likeness (QED) is 0.852. The first-order valence-electron chi connectivity index (χ1n) is 7.41. The highest BCUT2D eigenvalue weighted by molar-refractivity contribution is 5.92. The van der Waals surface area contributed by atoms with Gasteiger partial charge < -0.3 is 19.9 Å². The van der Waals surface area contributed by atoms with Gasteiger partial charge in [0.1, 0.15) is 24.7 Å². The molecule has 1 aromatic heterocycles. The number of amides is 1. The molecule has 2 aromatic rings. The Morgan fingerprint density at radius 1 is 1.46 bits per heavy atom. The zero-order chi connectivity index (χ0) is 17.1. The number of nitrogens with zero attached hydrogens (tertiary/aromatic N) is 2. The highest BCUT2D eigenvalue weighted by Crippen LogP contribution is 2.31. The maximum Gasteiger partial charge on any atom is 0.325 e. The summed E-state index contributed by atoms with van der Waals surface area (Å²) >= 11 is 0. The van der Waals surface area contributed by atoms with Crippen LogP contribution in [0.4, 0.5) is 5.82 Å². The molecule has 24 heavy (non-hydrogen) atoms. The van der Waals surface area contributed by atoms with E-state index in [0.29, 0.717) is 18.0 Å². The number of anilines is 1. The van der Waals surface area contributed by atoms with Gasteiger partial charge in [0.05, 0.1) is 13.0 Å². The van der Waals surface area contributed by atoms with Gasteiger partial charge in [-0.05, 0) is 18.1 Å². The number of hydrogen-bond donors (Lipinski definition) is 2. The van der Waals surface area contributed by atoms with E-state index in [1.807, 2.05) is 12.1 Å². The first kappa shape index (κ1) is 15.9. The van der Waals surface area contributed by atoms with Gasteiger partial charge in [0, 0.05) is 18.3 Å². The molecule has 0 radical (unpaired) electrons. The molecule has 0 aliphatic carbocycles. The van der Waals surface area contributed by atoms with Crippen LogP contribution in [-0.2, 0) is 22.6 Å². The molecule has 1 aliphatic heterocycles. The number of fused-ring (bicyclic) bond motifs is 1. The van der Waals surface area contributed by atoms with Gasteiger partial charge in [-0.2, -0.15) is 5.10 Å². The van der Waals surface area contributed by atoms with Crippen molar-refractivity contribution in [3.63, 3.8) is 0 Å². The molecule has 0 saturated carbocycles. The van der Waals surface area contributed by atoms with Crippen molar-refractivity contribution in [1.82, 2.24) is 9.78 Å². The largest absolute Gasteiger partial charge is 0.497 e. The number of carbonyl (C=O) groups is 2. The predicted molar refractivity (Wildman–Crippen MR) is 84.2 cm³/mol. The fourth-order valence-corrected chi connectivity index (χ4v) is 2.53. The van der Waals surface area contributed by atoms with Gasteiger partial charge in [0.25, 0.3) is 0 Å². The molecular formula is C16H17N3O5.